The number of benzene rings is 2. The van der Waals surface area contributed by atoms with Crippen molar-refractivity contribution in [2.24, 2.45) is 0 Å². The van der Waals surface area contributed by atoms with Crippen molar-refractivity contribution in [3.63, 3.8) is 0 Å². The van der Waals surface area contributed by atoms with E-state index in [0.717, 1.165) is 35.1 Å². The third kappa shape index (κ3) is 1.94. The molecule has 4 nitrogen and oxygen atoms in total. The van der Waals surface area contributed by atoms with Crippen molar-refractivity contribution in [3.05, 3.63) is 47.0 Å². The number of fused-ring (bicyclic) bond motifs is 2. The minimum atomic E-state index is 0.0237. The molecule has 23 heavy (non-hydrogen) atoms. The standard InChI is InChI=1S/C19H19NO3/c1-11(21)20-8-7-13-10-16(22)19(23-2)18-14-6-4-3-5-12(14)9-15(20)17(13)18/h3-6,10,15,22H,7-9H2,1-2H3. The third-order valence-corrected chi connectivity index (χ3v) is 5.03. The Balaban J connectivity index is 2.06. The summed E-state index contributed by atoms with van der Waals surface area (Å²) in [4.78, 5) is 14.0. The van der Waals surface area contributed by atoms with Crippen molar-refractivity contribution in [1.29, 1.82) is 0 Å². The molecule has 1 atom stereocenters. The molecule has 0 fully saturated rings. The molecule has 0 spiro atoms. The van der Waals surface area contributed by atoms with Gasteiger partial charge in [-0.3, -0.25) is 4.79 Å². The van der Waals surface area contributed by atoms with Gasteiger partial charge < -0.3 is 14.7 Å². The van der Waals surface area contributed by atoms with E-state index in [1.54, 1.807) is 20.1 Å². The van der Waals surface area contributed by atoms with Crippen molar-refractivity contribution in [1.82, 2.24) is 4.90 Å². The maximum atomic E-state index is 12.1. The number of methoxy groups -OCH3 is 1. The number of amides is 1. The number of ether oxygens (including phenoxy) is 1. The second-order valence-electron chi connectivity index (χ2n) is 6.22. The number of aromatic hydroxyl groups is 1. The Morgan fingerprint density at radius 2 is 2.09 bits per heavy atom. The largest absolute Gasteiger partial charge is 0.504 e. The number of phenols is 1. The second-order valence-corrected chi connectivity index (χ2v) is 6.22. The molecule has 1 amide bonds. The van der Waals surface area contributed by atoms with Gasteiger partial charge in [-0.2, -0.15) is 0 Å². The summed E-state index contributed by atoms with van der Waals surface area (Å²) >= 11 is 0. The molecule has 2 aromatic carbocycles. The van der Waals surface area contributed by atoms with Gasteiger partial charge in [0, 0.05) is 19.0 Å². The summed E-state index contributed by atoms with van der Waals surface area (Å²) < 4.78 is 5.51. The van der Waals surface area contributed by atoms with Crippen LogP contribution in [0, 0.1) is 0 Å². The minimum Gasteiger partial charge on any atom is -0.504 e. The highest BCUT2D eigenvalue weighted by atomic mass is 16.5. The SMILES string of the molecule is COc1c(O)cc2c3c1-c1ccccc1CC3N(C(C)=O)CC2. The lowest BCUT2D eigenvalue weighted by Gasteiger charge is -2.41. The first-order valence-corrected chi connectivity index (χ1v) is 7.90. The lowest BCUT2D eigenvalue weighted by molar-refractivity contribution is -0.131. The Bertz CT molecular complexity index is 813. The van der Waals surface area contributed by atoms with E-state index in [-0.39, 0.29) is 17.7 Å². The number of nitrogens with zero attached hydrogens (tertiary/aromatic N) is 1. The molecule has 1 heterocycles. The van der Waals surface area contributed by atoms with Crippen molar-refractivity contribution in [2.75, 3.05) is 13.7 Å². The second kappa shape index (κ2) is 5.01. The Labute approximate surface area is 135 Å². The molecule has 1 N–H and O–H groups in total. The van der Waals surface area contributed by atoms with Gasteiger partial charge in [-0.15, -0.1) is 0 Å². The van der Waals surface area contributed by atoms with Crippen LogP contribution in [-0.2, 0) is 17.6 Å². The fourth-order valence-electron chi connectivity index (χ4n) is 4.07. The molecule has 0 saturated carbocycles. The van der Waals surface area contributed by atoms with E-state index in [1.807, 2.05) is 17.0 Å². The van der Waals surface area contributed by atoms with Crippen LogP contribution in [0.15, 0.2) is 30.3 Å². The average molecular weight is 309 g/mol. The van der Waals surface area contributed by atoms with Crippen LogP contribution in [0.3, 0.4) is 0 Å². The molecule has 2 aliphatic rings. The van der Waals surface area contributed by atoms with Gasteiger partial charge >= 0.3 is 0 Å². The zero-order valence-corrected chi connectivity index (χ0v) is 13.3. The van der Waals surface area contributed by atoms with Crippen molar-refractivity contribution < 1.29 is 14.6 Å². The zero-order chi connectivity index (χ0) is 16.1. The molecule has 0 radical (unpaired) electrons. The highest BCUT2D eigenvalue weighted by molar-refractivity contribution is 5.85. The maximum absolute atomic E-state index is 12.1. The van der Waals surface area contributed by atoms with Crippen molar-refractivity contribution >= 4 is 5.91 Å². The zero-order valence-electron chi connectivity index (χ0n) is 13.3. The molecule has 1 aliphatic carbocycles. The summed E-state index contributed by atoms with van der Waals surface area (Å²) in [5.74, 6) is 0.775. The van der Waals surface area contributed by atoms with Crippen molar-refractivity contribution in [2.45, 2.75) is 25.8 Å². The average Bonchev–Trinajstić information content (AvgIpc) is 2.54. The van der Waals surface area contributed by atoms with Gasteiger partial charge in [0.15, 0.2) is 11.5 Å². The van der Waals surface area contributed by atoms with Gasteiger partial charge in [-0.25, -0.2) is 0 Å². The van der Waals surface area contributed by atoms with Crippen LogP contribution in [0.25, 0.3) is 11.1 Å². The van der Waals surface area contributed by atoms with Gasteiger partial charge in [0.2, 0.25) is 5.91 Å². The summed E-state index contributed by atoms with van der Waals surface area (Å²) in [5, 5.41) is 10.4. The van der Waals surface area contributed by atoms with Crippen LogP contribution in [-0.4, -0.2) is 29.6 Å². The molecule has 4 rings (SSSR count). The molecule has 0 saturated heterocycles. The van der Waals surface area contributed by atoms with Crippen LogP contribution < -0.4 is 4.74 Å². The molecule has 0 bridgehead atoms. The maximum Gasteiger partial charge on any atom is 0.219 e. The fraction of sp³-hybridized carbons (Fsp3) is 0.316. The van der Waals surface area contributed by atoms with E-state index in [9.17, 15) is 9.90 Å². The summed E-state index contributed by atoms with van der Waals surface area (Å²) in [6.07, 6.45) is 1.57. The number of phenolic OH excluding ortho intramolecular Hbond substituents is 1. The van der Waals surface area contributed by atoms with E-state index in [0.29, 0.717) is 12.3 Å². The van der Waals surface area contributed by atoms with Crippen LogP contribution >= 0.6 is 0 Å². The van der Waals surface area contributed by atoms with Gasteiger partial charge in [-0.05, 0) is 41.2 Å². The predicted molar refractivity (Wildman–Crippen MR) is 87.6 cm³/mol. The molecule has 0 aromatic heterocycles. The first-order valence-electron chi connectivity index (χ1n) is 7.90. The monoisotopic (exact) mass is 309 g/mol. The lowest BCUT2D eigenvalue weighted by atomic mass is 9.76. The number of carbonyl (C=O) groups is 1. The van der Waals surface area contributed by atoms with Crippen LogP contribution in [0.5, 0.6) is 11.5 Å². The smallest absolute Gasteiger partial charge is 0.219 e. The Hall–Kier alpha value is -2.49. The van der Waals surface area contributed by atoms with Gasteiger partial charge in [-0.1, -0.05) is 24.3 Å². The van der Waals surface area contributed by atoms with Gasteiger partial charge in [0.05, 0.1) is 13.2 Å². The molecular weight excluding hydrogens is 290 g/mol. The lowest BCUT2D eigenvalue weighted by Crippen LogP contribution is -2.41. The van der Waals surface area contributed by atoms with Crippen molar-refractivity contribution in [3.8, 4) is 22.6 Å². The topological polar surface area (TPSA) is 49.8 Å². The Morgan fingerprint density at radius 3 is 2.83 bits per heavy atom. The van der Waals surface area contributed by atoms with E-state index in [1.165, 1.54) is 5.56 Å². The normalized spacial score (nSPS) is 18.2. The summed E-state index contributed by atoms with van der Waals surface area (Å²) in [6, 6.07) is 10.00. The van der Waals surface area contributed by atoms with E-state index in [4.69, 9.17) is 4.74 Å². The number of carbonyl (C=O) groups excluding carboxylic acids is 1. The molecule has 4 heteroatoms. The number of rotatable bonds is 1. The third-order valence-electron chi connectivity index (χ3n) is 5.03. The number of hydrogen-bond acceptors (Lipinski definition) is 3. The predicted octanol–water partition coefficient (Wildman–Crippen LogP) is 3.07. The molecular formula is C19H19NO3. The molecule has 118 valence electrons. The van der Waals surface area contributed by atoms with Gasteiger partial charge in [0.1, 0.15) is 0 Å². The Morgan fingerprint density at radius 1 is 1.30 bits per heavy atom. The summed E-state index contributed by atoms with van der Waals surface area (Å²) in [7, 11) is 1.58. The summed E-state index contributed by atoms with van der Waals surface area (Å²) in [6.45, 7) is 2.32. The summed E-state index contributed by atoms with van der Waals surface area (Å²) in [5.41, 5.74) is 5.49. The van der Waals surface area contributed by atoms with E-state index in [2.05, 4.69) is 12.1 Å². The highest BCUT2D eigenvalue weighted by Gasteiger charge is 2.37. The number of hydrogen-bond donors (Lipinski definition) is 1. The fourth-order valence-corrected chi connectivity index (χ4v) is 4.07. The van der Waals surface area contributed by atoms with Crippen LogP contribution in [0.2, 0.25) is 0 Å². The first-order chi connectivity index (χ1) is 11.1. The van der Waals surface area contributed by atoms with Crippen LogP contribution in [0.4, 0.5) is 0 Å². The molecule has 1 aliphatic heterocycles. The van der Waals surface area contributed by atoms with Gasteiger partial charge in [0.25, 0.3) is 0 Å². The quantitative estimate of drug-likeness (QED) is 0.881. The molecule has 1 unspecified atom stereocenters. The highest BCUT2D eigenvalue weighted by Crippen LogP contribution is 2.52. The molecule has 2 aromatic rings. The Kier molecular flexibility index (Phi) is 3.08. The minimum absolute atomic E-state index is 0.0237. The van der Waals surface area contributed by atoms with E-state index >= 15 is 0 Å². The van der Waals surface area contributed by atoms with E-state index < -0.39 is 0 Å². The first kappa shape index (κ1) is 14.1. The van der Waals surface area contributed by atoms with Crippen LogP contribution in [0.1, 0.15) is 29.7 Å².